The molecule has 1 heterocycles. The lowest BCUT2D eigenvalue weighted by Crippen LogP contribution is -2.39. The highest BCUT2D eigenvalue weighted by Crippen LogP contribution is 2.57. The van der Waals surface area contributed by atoms with E-state index in [4.69, 9.17) is 14.2 Å². The summed E-state index contributed by atoms with van der Waals surface area (Å²) in [5.74, 6) is -0.164. The predicted octanol–water partition coefficient (Wildman–Crippen LogP) is 6.11. The van der Waals surface area contributed by atoms with Crippen molar-refractivity contribution in [2.75, 3.05) is 19.8 Å². The number of allylic oxidation sites excluding steroid dienone is 2. The van der Waals surface area contributed by atoms with Gasteiger partial charge < -0.3 is 14.2 Å². The summed E-state index contributed by atoms with van der Waals surface area (Å²) in [6.45, 7) is 8.41. The number of benzene rings is 1. The van der Waals surface area contributed by atoms with E-state index in [1.54, 1.807) is 6.08 Å². The maximum Gasteiger partial charge on any atom is 0.332 e. The Morgan fingerprint density at radius 1 is 1.17 bits per heavy atom. The molecule has 1 aromatic rings. The molecular formula is C30H41FO5. The molecular weight excluding hydrogens is 459 g/mol. The first kappa shape index (κ1) is 28.3. The Kier molecular flexibility index (Phi) is 10.0. The van der Waals surface area contributed by atoms with Crippen molar-refractivity contribution in [2.24, 2.45) is 11.8 Å². The van der Waals surface area contributed by atoms with Crippen LogP contribution in [0.4, 0.5) is 4.39 Å². The highest BCUT2D eigenvalue weighted by atomic mass is 19.1. The zero-order chi connectivity index (χ0) is 26.2. The normalized spacial score (nSPS) is 25.8. The number of esters is 1. The van der Waals surface area contributed by atoms with Gasteiger partial charge in [0, 0.05) is 17.8 Å². The van der Waals surface area contributed by atoms with Gasteiger partial charge in [-0.3, -0.25) is 4.79 Å². The van der Waals surface area contributed by atoms with Crippen LogP contribution < -0.4 is 0 Å². The maximum atomic E-state index is 13.7. The minimum absolute atomic E-state index is 0.0385. The van der Waals surface area contributed by atoms with Crippen molar-refractivity contribution in [3.05, 3.63) is 60.0 Å². The fourth-order valence-electron chi connectivity index (χ4n) is 5.45. The fraction of sp³-hybridized carbons (Fsp3) is 0.600. The van der Waals surface area contributed by atoms with E-state index in [1.165, 1.54) is 12.1 Å². The van der Waals surface area contributed by atoms with E-state index in [9.17, 15) is 14.0 Å². The van der Waals surface area contributed by atoms with Gasteiger partial charge in [0.15, 0.2) is 5.78 Å². The topological polar surface area (TPSA) is 61.8 Å². The Morgan fingerprint density at radius 3 is 2.61 bits per heavy atom. The molecule has 3 rings (SSSR count). The first-order chi connectivity index (χ1) is 17.1. The molecule has 1 saturated heterocycles. The van der Waals surface area contributed by atoms with Gasteiger partial charge in [-0.15, -0.1) is 0 Å². The summed E-state index contributed by atoms with van der Waals surface area (Å²) in [6, 6.07) is 6.75. The smallest absolute Gasteiger partial charge is 0.332 e. The van der Waals surface area contributed by atoms with Gasteiger partial charge >= 0.3 is 5.97 Å². The zero-order valence-electron chi connectivity index (χ0n) is 22.1. The van der Waals surface area contributed by atoms with Crippen LogP contribution in [0.3, 0.4) is 0 Å². The van der Waals surface area contributed by atoms with Crippen LogP contribution in [0.2, 0.25) is 0 Å². The molecule has 0 radical (unpaired) electrons. The standard InChI is InChI=1S/C30H41FO5/c1-5-6-7-10-24(32)16-17-25-26(11-8-9-18-34-20-28(33)36-29(2,3)4)30(19-27(25)35-21-30)22-12-14-23(31)15-13-22/h8-9,12-17,25-27H,5-7,10-11,18-21H2,1-4H3/b9-8+,17-16+/t25-,26-,27-,30-/m0/s1. The number of halogens is 1. The summed E-state index contributed by atoms with van der Waals surface area (Å²) in [5.41, 5.74) is 0.325. The van der Waals surface area contributed by atoms with E-state index in [0.29, 0.717) is 19.6 Å². The number of hydrogen-bond donors (Lipinski definition) is 0. The molecule has 1 aliphatic carbocycles. The van der Waals surface area contributed by atoms with Crippen LogP contribution in [-0.4, -0.2) is 43.3 Å². The summed E-state index contributed by atoms with van der Waals surface area (Å²) in [4.78, 5) is 24.2. The summed E-state index contributed by atoms with van der Waals surface area (Å²) < 4.78 is 30.5. The molecule has 5 nitrogen and oxygen atoms in total. The van der Waals surface area contributed by atoms with Crippen molar-refractivity contribution in [1.82, 2.24) is 0 Å². The van der Waals surface area contributed by atoms with Gasteiger partial charge in [-0.1, -0.05) is 50.1 Å². The minimum atomic E-state index is -0.533. The molecule has 4 atom stereocenters. The van der Waals surface area contributed by atoms with Crippen molar-refractivity contribution in [2.45, 2.75) is 83.3 Å². The van der Waals surface area contributed by atoms with Crippen LogP contribution in [0, 0.1) is 17.7 Å². The van der Waals surface area contributed by atoms with Gasteiger partial charge in [0.2, 0.25) is 0 Å². The molecule has 2 aliphatic rings. The summed E-state index contributed by atoms with van der Waals surface area (Å²) in [5, 5.41) is 0. The van der Waals surface area contributed by atoms with Gasteiger partial charge in [0.05, 0.1) is 19.3 Å². The quantitative estimate of drug-likeness (QED) is 0.142. The molecule has 6 heteroatoms. The number of unbranched alkanes of at least 4 members (excludes halogenated alkanes) is 2. The van der Waals surface area contributed by atoms with Gasteiger partial charge in [-0.2, -0.15) is 0 Å². The molecule has 36 heavy (non-hydrogen) atoms. The maximum absolute atomic E-state index is 13.7. The van der Waals surface area contributed by atoms with Crippen LogP contribution in [0.5, 0.6) is 0 Å². The minimum Gasteiger partial charge on any atom is -0.458 e. The number of hydrogen-bond acceptors (Lipinski definition) is 5. The monoisotopic (exact) mass is 500 g/mol. The van der Waals surface area contributed by atoms with Crippen molar-refractivity contribution in [1.29, 1.82) is 0 Å². The lowest BCUT2D eigenvalue weighted by Gasteiger charge is -2.38. The third-order valence-corrected chi connectivity index (χ3v) is 7.08. The molecule has 1 aromatic carbocycles. The van der Waals surface area contributed by atoms with Crippen LogP contribution >= 0.6 is 0 Å². The average molecular weight is 501 g/mol. The molecule has 0 spiro atoms. The van der Waals surface area contributed by atoms with E-state index < -0.39 is 5.60 Å². The Bertz CT molecular complexity index is 930. The van der Waals surface area contributed by atoms with E-state index in [0.717, 1.165) is 37.7 Å². The molecule has 2 fully saturated rings. The van der Waals surface area contributed by atoms with Gasteiger partial charge in [0.1, 0.15) is 18.0 Å². The second-order valence-corrected chi connectivity index (χ2v) is 11.0. The lowest BCUT2D eigenvalue weighted by molar-refractivity contribution is -0.159. The molecule has 1 aliphatic heterocycles. The largest absolute Gasteiger partial charge is 0.458 e. The van der Waals surface area contributed by atoms with Crippen LogP contribution in [0.25, 0.3) is 0 Å². The lowest BCUT2D eigenvalue weighted by atomic mass is 9.69. The van der Waals surface area contributed by atoms with E-state index in [1.807, 2.05) is 45.1 Å². The second kappa shape index (κ2) is 12.8. The molecule has 2 bridgehead atoms. The highest BCUT2D eigenvalue weighted by Gasteiger charge is 2.58. The Morgan fingerprint density at radius 2 is 1.92 bits per heavy atom. The summed E-state index contributed by atoms with van der Waals surface area (Å²) >= 11 is 0. The van der Waals surface area contributed by atoms with Gasteiger partial charge in [0.25, 0.3) is 0 Å². The van der Waals surface area contributed by atoms with E-state index >= 15 is 0 Å². The van der Waals surface area contributed by atoms with Crippen molar-refractivity contribution in [3.8, 4) is 0 Å². The number of fused-ring (bicyclic) bond motifs is 2. The summed E-state index contributed by atoms with van der Waals surface area (Å²) in [7, 11) is 0. The molecule has 0 aromatic heterocycles. The number of carbonyl (C=O) groups excluding carboxylic acids is 2. The van der Waals surface area contributed by atoms with Gasteiger partial charge in [-0.05, 0) is 69.7 Å². The SMILES string of the molecule is CCCCCC(=O)/C=C/[C@@H]1[C@@H]2C[C@@](c3ccc(F)cc3)(CO2)[C@H]1C/C=C/COCC(=O)OC(C)(C)C. The van der Waals surface area contributed by atoms with Crippen molar-refractivity contribution < 1.29 is 28.2 Å². The van der Waals surface area contributed by atoms with Gasteiger partial charge in [-0.25, -0.2) is 9.18 Å². The highest BCUT2D eigenvalue weighted by molar-refractivity contribution is 5.89. The van der Waals surface area contributed by atoms with Crippen molar-refractivity contribution in [3.63, 3.8) is 0 Å². The van der Waals surface area contributed by atoms with Crippen LogP contribution in [0.15, 0.2) is 48.6 Å². The zero-order valence-corrected chi connectivity index (χ0v) is 22.1. The summed E-state index contributed by atoms with van der Waals surface area (Å²) in [6.07, 6.45) is 13.1. The molecule has 0 unspecified atom stereocenters. The molecule has 1 saturated carbocycles. The molecule has 0 amide bonds. The third kappa shape index (κ3) is 7.59. The third-order valence-electron chi connectivity index (χ3n) is 7.08. The number of carbonyl (C=O) groups is 2. The second-order valence-electron chi connectivity index (χ2n) is 11.0. The number of ketones is 1. The Hall–Kier alpha value is -2.31. The predicted molar refractivity (Wildman–Crippen MR) is 138 cm³/mol. The van der Waals surface area contributed by atoms with Crippen LogP contribution in [-0.2, 0) is 29.2 Å². The van der Waals surface area contributed by atoms with E-state index in [-0.39, 0.29) is 47.5 Å². The molecule has 0 N–H and O–H groups in total. The Balaban J connectivity index is 1.66. The fourth-order valence-corrected chi connectivity index (χ4v) is 5.45. The first-order valence-corrected chi connectivity index (χ1v) is 13.2. The van der Waals surface area contributed by atoms with Crippen LogP contribution in [0.1, 0.15) is 71.8 Å². The van der Waals surface area contributed by atoms with E-state index in [2.05, 4.69) is 13.0 Å². The number of ether oxygens (including phenoxy) is 3. The average Bonchev–Trinajstić information content (AvgIpc) is 3.37. The van der Waals surface area contributed by atoms with Crippen molar-refractivity contribution >= 4 is 11.8 Å². The number of rotatable bonds is 13. The molecule has 198 valence electrons. The first-order valence-electron chi connectivity index (χ1n) is 13.2. The Labute approximate surface area is 215 Å².